The molecule has 0 heterocycles. The van der Waals surface area contributed by atoms with Gasteiger partial charge in [-0.2, -0.15) is 0 Å². The minimum Gasteiger partial charge on any atom is -0.395 e. The third-order valence-corrected chi connectivity index (χ3v) is 1.97. The van der Waals surface area contributed by atoms with E-state index in [0.29, 0.717) is 12.1 Å². The van der Waals surface area contributed by atoms with E-state index in [1.807, 2.05) is 0 Å². The van der Waals surface area contributed by atoms with E-state index >= 15 is 0 Å². The highest BCUT2D eigenvalue weighted by Gasteiger charge is 2.18. The van der Waals surface area contributed by atoms with Crippen LogP contribution in [0.5, 0.6) is 0 Å². The van der Waals surface area contributed by atoms with E-state index in [2.05, 4.69) is 39.5 Å². The molecule has 2 heteroatoms. The number of nitrogens with zero attached hydrogens (tertiary/aromatic N) is 1. The second kappa shape index (κ2) is 4.73. The first-order chi connectivity index (χ1) is 5.00. The van der Waals surface area contributed by atoms with E-state index < -0.39 is 0 Å². The number of hydrogen-bond acceptors (Lipinski definition) is 2. The fourth-order valence-corrected chi connectivity index (χ4v) is 1.71. The van der Waals surface area contributed by atoms with Gasteiger partial charge in [0.15, 0.2) is 0 Å². The molecule has 0 aromatic rings. The Morgan fingerprint density at radius 3 is 1.45 bits per heavy atom. The van der Waals surface area contributed by atoms with Gasteiger partial charge in [0.2, 0.25) is 0 Å². The smallest absolute Gasteiger partial charge is 0.0584 e. The lowest BCUT2D eigenvalue weighted by Gasteiger charge is -2.35. The minimum atomic E-state index is 0.246. The van der Waals surface area contributed by atoms with E-state index in [1.54, 1.807) is 0 Å². The maximum Gasteiger partial charge on any atom is 0.0584 e. The predicted molar refractivity (Wildman–Crippen MR) is 48.7 cm³/mol. The van der Waals surface area contributed by atoms with Gasteiger partial charge in [0.25, 0.3) is 0 Å². The summed E-state index contributed by atoms with van der Waals surface area (Å²) in [5.74, 6) is 0. The number of aliphatic hydroxyl groups excluding tert-OH is 1. The first-order valence-corrected chi connectivity index (χ1v) is 4.39. The summed E-state index contributed by atoms with van der Waals surface area (Å²) in [5.41, 5.74) is 0. The minimum absolute atomic E-state index is 0.246. The molecular weight excluding hydrogens is 138 g/mol. The van der Waals surface area contributed by atoms with Gasteiger partial charge in [-0.05, 0) is 34.6 Å². The van der Waals surface area contributed by atoms with Gasteiger partial charge < -0.3 is 5.11 Å². The van der Waals surface area contributed by atoms with Crippen LogP contribution in [0.15, 0.2) is 0 Å². The molecule has 0 rings (SSSR count). The van der Waals surface area contributed by atoms with E-state index in [-0.39, 0.29) is 12.6 Å². The molecular formula is C9H21NO. The third kappa shape index (κ3) is 3.21. The molecule has 0 aliphatic rings. The average Bonchev–Trinajstić information content (AvgIpc) is 1.85. The lowest BCUT2D eigenvalue weighted by Crippen LogP contribution is -2.45. The van der Waals surface area contributed by atoms with Crippen molar-refractivity contribution in [3.8, 4) is 0 Å². The molecule has 0 spiro atoms. The van der Waals surface area contributed by atoms with Crippen LogP contribution in [0.25, 0.3) is 0 Å². The Morgan fingerprint density at radius 1 is 1.00 bits per heavy atom. The Labute approximate surface area is 70.2 Å². The van der Waals surface area contributed by atoms with Crippen molar-refractivity contribution in [3.05, 3.63) is 0 Å². The lowest BCUT2D eigenvalue weighted by molar-refractivity contribution is 0.0779. The molecule has 2 nitrogen and oxygen atoms in total. The molecule has 0 saturated heterocycles. The van der Waals surface area contributed by atoms with Gasteiger partial charge in [-0.25, -0.2) is 0 Å². The van der Waals surface area contributed by atoms with Crippen molar-refractivity contribution in [1.29, 1.82) is 0 Å². The molecule has 0 bridgehead atoms. The van der Waals surface area contributed by atoms with Crippen molar-refractivity contribution in [2.45, 2.75) is 52.7 Å². The van der Waals surface area contributed by atoms with Gasteiger partial charge in [0.05, 0.1) is 6.61 Å². The van der Waals surface area contributed by atoms with E-state index in [9.17, 15) is 0 Å². The van der Waals surface area contributed by atoms with Crippen LogP contribution < -0.4 is 0 Å². The highest BCUT2D eigenvalue weighted by Crippen LogP contribution is 2.09. The molecule has 1 N–H and O–H groups in total. The molecule has 0 saturated carbocycles. The number of hydrogen-bond donors (Lipinski definition) is 1. The molecule has 0 amide bonds. The van der Waals surface area contributed by atoms with Gasteiger partial charge in [-0.1, -0.05) is 0 Å². The highest BCUT2D eigenvalue weighted by atomic mass is 16.3. The number of rotatable bonds is 4. The van der Waals surface area contributed by atoms with Crippen LogP contribution in [0, 0.1) is 0 Å². The SMILES string of the molecule is CC(C)N(C(C)C)C(C)CO. The predicted octanol–water partition coefficient (Wildman–Crippen LogP) is 1.49. The monoisotopic (exact) mass is 159 g/mol. The molecule has 0 aliphatic carbocycles. The van der Waals surface area contributed by atoms with Crippen LogP contribution in [0.2, 0.25) is 0 Å². The normalized spacial score (nSPS) is 15.0. The summed E-state index contributed by atoms with van der Waals surface area (Å²) < 4.78 is 0. The van der Waals surface area contributed by atoms with Crippen LogP contribution in [-0.4, -0.2) is 34.7 Å². The molecule has 0 radical (unpaired) electrons. The fourth-order valence-electron chi connectivity index (χ4n) is 1.71. The van der Waals surface area contributed by atoms with Crippen molar-refractivity contribution >= 4 is 0 Å². The van der Waals surface area contributed by atoms with Crippen LogP contribution in [0.4, 0.5) is 0 Å². The van der Waals surface area contributed by atoms with Gasteiger partial charge in [-0.15, -0.1) is 0 Å². The second-order valence-electron chi connectivity index (χ2n) is 3.67. The quantitative estimate of drug-likeness (QED) is 0.671. The molecule has 0 fully saturated rings. The van der Waals surface area contributed by atoms with E-state index in [4.69, 9.17) is 5.11 Å². The van der Waals surface area contributed by atoms with Crippen molar-refractivity contribution in [1.82, 2.24) is 4.90 Å². The van der Waals surface area contributed by atoms with Crippen molar-refractivity contribution in [2.24, 2.45) is 0 Å². The van der Waals surface area contributed by atoms with E-state index in [1.165, 1.54) is 0 Å². The van der Waals surface area contributed by atoms with Crippen LogP contribution in [0.1, 0.15) is 34.6 Å². The molecule has 0 aliphatic heterocycles. The zero-order valence-corrected chi connectivity index (χ0v) is 8.33. The maximum atomic E-state index is 8.96. The van der Waals surface area contributed by atoms with Gasteiger partial charge in [0, 0.05) is 18.1 Å². The first-order valence-electron chi connectivity index (χ1n) is 4.39. The Morgan fingerprint density at radius 2 is 1.36 bits per heavy atom. The topological polar surface area (TPSA) is 23.5 Å². The second-order valence-corrected chi connectivity index (χ2v) is 3.67. The molecule has 11 heavy (non-hydrogen) atoms. The Kier molecular flexibility index (Phi) is 4.69. The summed E-state index contributed by atoms with van der Waals surface area (Å²) in [4.78, 5) is 2.31. The summed E-state index contributed by atoms with van der Waals surface area (Å²) in [6, 6.07) is 1.30. The Balaban J connectivity index is 4.09. The average molecular weight is 159 g/mol. The maximum absolute atomic E-state index is 8.96. The summed E-state index contributed by atoms with van der Waals surface area (Å²) in [5, 5.41) is 8.96. The Bertz CT molecular complexity index is 93.7. The molecule has 68 valence electrons. The molecule has 1 unspecified atom stereocenters. The fraction of sp³-hybridized carbons (Fsp3) is 1.00. The summed E-state index contributed by atoms with van der Waals surface area (Å²) in [6.45, 7) is 10.9. The van der Waals surface area contributed by atoms with Gasteiger partial charge in [0.1, 0.15) is 0 Å². The van der Waals surface area contributed by atoms with Crippen LogP contribution in [0.3, 0.4) is 0 Å². The largest absolute Gasteiger partial charge is 0.395 e. The standard InChI is InChI=1S/C9H21NO/c1-7(2)10(8(3)4)9(5)6-11/h7-9,11H,6H2,1-5H3. The molecule has 0 aromatic carbocycles. The van der Waals surface area contributed by atoms with E-state index in [0.717, 1.165) is 0 Å². The van der Waals surface area contributed by atoms with Crippen LogP contribution >= 0.6 is 0 Å². The van der Waals surface area contributed by atoms with Crippen molar-refractivity contribution in [2.75, 3.05) is 6.61 Å². The molecule has 0 aromatic heterocycles. The highest BCUT2D eigenvalue weighted by molar-refractivity contribution is 4.73. The van der Waals surface area contributed by atoms with Gasteiger partial charge in [-0.3, -0.25) is 4.90 Å². The van der Waals surface area contributed by atoms with Crippen molar-refractivity contribution < 1.29 is 5.11 Å². The zero-order chi connectivity index (χ0) is 9.02. The molecule has 1 atom stereocenters. The van der Waals surface area contributed by atoms with Gasteiger partial charge >= 0.3 is 0 Å². The first kappa shape index (κ1) is 10.9. The summed E-state index contributed by atoms with van der Waals surface area (Å²) in [6.07, 6.45) is 0. The zero-order valence-electron chi connectivity index (χ0n) is 8.33. The lowest BCUT2D eigenvalue weighted by atomic mass is 10.1. The third-order valence-electron chi connectivity index (χ3n) is 1.97. The number of aliphatic hydroxyl groups is 1. The van der Waals surface area contributed by atoms with Crippen LogP contribution in [-0.2, 0) is 0 Å². The Hall–Kier alpha value is -0.0800. The van der Waals surface area contributed by atoms with Crippen molar-refractivity contribution in [3.63, 3.8) is 0 Å². The summed E-state index contributed by atoms with van der Waals surface area (Å²) >= 11 is 0. The summed E-state index contributed by atoms with van der Waals surface area (Å²) in [7, 11) is 0.